The summed E-state index contributed by atoms with van der Waals surface area (Å²) in [4.78, 5) is 10.9. The van der Waals surface area contributed by atoms with Gasteiger partial charge in [0.2, 0.25) is 0 Å². The van der Waals surface area contributed by atoms with E-state index in [9.17, 15) is 26.4 Å². The molecule has 0 aromatic heterocycles. The fraction of sp³-hybridized carbons (Fsp3) is 0.364. The van der Waals surface area contributed by atoms with E-state index >= 15 is 0 Å². The normalized spacial score (nSPS) is 12.0. The van der Waals surface area contributed by atoms with Crippen molar-refractivity contribution in [1.29, 1.82) is 0 Å². The number of carbonyl (C=O) groups excluding carboxylic acids is 1. The van der Waals surface area contributed by atoms with Gasteiger partial charge in [0.05, 0.1) is 5.56 Å². The van der Waals surface area contributed by atoms with Crippen molar-refractivity contribution in [2.45, 2.75) is 12.4 Å². The molecule has 0 heterocycles. The van der Waals surface area contributed by atoms with E-state index in [0.29, 0.717) is 6.29 Å². The third-order valence-electron chi connectivity index (χ3n) is 2.26. The minimum atomic E-state index is -5.80. The molecule has 118 valence electrons. The topological polar surface area (TPSA) is 78.9 Å². The molecule has 0 fully saturated rings. The van der Waals surface area contributed by atoms with Crippen LogP contribution in [0.4, 0.5) is 13.2 Å². The van der Waals surface area contributed by atoms with Gasteiger partial charge in [-0.15, -0.1) is 0 Å². The molecular weight excluding hydrogens is 317 g/mol. The van der Waals surface area contributed by atoms with Crippen molar-refractivity contribution in [3.63, 3.8) is 0 Å². The zero-order valence-electron chi connectivity index (χ0n) is 10.9. The van der Waals surface area contributed by atoms with Crippen molar-refractivity contribution >= 4 is 16.4 Å². The molecule has 0 N–H and O–H groups in total. The van der Waals surface area contributed by atoms with E-state index in [4.69, 9.17) is 4.74 Å². The third-order valence-corrected chi connectivity index (χ3v) is 3.24. The number of methoxy groups -OCH3 is 1. The molecule has 10 heteroatoms. The van der Waals surface area contributed by atoms with Gasteiger partial charge in [-0.3, -0.25) is 4.79 Å². The van der Waals surface area contributed by atoms with Crippen LogP contribution in [0.1, 0.15) is 15.9 Å². The van der Waals surface area contributed by atoms with E-state index in [-0.39, 0.29) is 23.7 Å². The van der Waals surface area contributed by atoms with Gasteiger partial charge in [0, 0.05) is 13.2 Å². The van der Waals surface area contributed by atoms with Crippen LogP contribution < -0.4 is 8.92 Å². The van der Waals surface area contributed by atoms with Gasteiger partial charge >= 0.3 is 15.6 Å². The van der Waals surface area contributed by atoms with E-state index in [0.717, 1.165) is 12.1 Å². The van der Waals surface area contributed by atoms with Crippen LogP contribution in [0.3, 0.4) is 0 Å². The number of halogens is 3. The van der Waals surface area contributed by atoms with Gasteiger partial charge in [-0.25, -0.2) is 0 Å². The molecule has 0 saturated carbocycles. The first-order chi connectivity index (χ1) is 9.62. The quantitative estimate of drug-likeness (QED) is 0.344. The number of ether oxygens (including phenoxy) is 2. The van der Waals surface area contributed by atoms with Crippen LogP contribution in [0.15, 0.2) is 12.1 Å². The first-order valence-electron chi connectivity index (χ1n) is 5.34. The zero-order valence-corrected chi connectivity index (χ0v) is 11.7. The summed E-state index contributed by atoms with van der Waals surface area (Å²) in [5.74, 6) is -0.777. The summed E-state index contributed by atoms with van der Waals surface area (Å²) >= 11 is 0. The molecule has 0 spiro atoms. The highest BCUT2D eigenvalue weighted by atomic mass is 32.2. The van der Waals surface area contributed by atoms with E-state index in [1.54, 1.807) is 0 Å². The van der Waals surface area contributed by atoms with Crippen LogP contribution in [0, 0.1) is 6.92 Å². The summed E-state index contributed by atoms with van der Waals surface area (Å²) in [6, 6.07) is 1.84. The minimum absolute atomic E-state index is 0.0452. The van der Waals surface area contributed by atoms with Gasteiger partial charge in [-0.2, -0.15) is 21.6 Å². The van der Waals surface area contributed by atoms with Crippen molar-refractivity contribution in [2.75, 3.05) is 13.9 Å². The summed E-state index contributed by atoms with van der Waals surface area (Å²) in [7, 11) is -4.51. The summed E-state index contributed by atoms with van der Waals surface area (Å²) < 4.78 is 72.2. The molecular formula is C11H11F3O6S. The van der Waals surface area contributed by atoms with Crippen molar-refractivity contribution in [1.82, 2.24) is 0 Å². The molecule has 0 bridgehead atoms. The molecule has 0 radical (unpaired) electrons. The van der Waals surface area contributed by atoms with Crippen LogP contribution in [-0.4, -0.2) is 34.1 Å². The van der Waals surface area contributed by atoms with Crippen molar-refractivity contribution in [3.8, 4) is 11.5 Å². The average molecular weight is 328 g/mol. The summed E-state index contributed by atoms with van der Waals surface area (Å²) in [5.41, 5.74) is -5.33. The van der Waals surface area contributed by atoms with Gasteiger partial charge < -0.3 is 13.7 Å². The Bertz CT molecular complexity index is 624. The molecule has 1 rings (SSSR count). The Balaban J connectivity index is 3.21. The molecule has 0 aliphatic rings. The third kappa shape index (κ3) is 4.08. The number of rotatable bonds is 6. The Kier molecular flexibility index (Phi) is 5.18. The highest BCUT2D eigenvalue weighted by Crippen LogP contribution is 2.32. The Hall–Kier alpha value is -1.81. The maximum atomic E-state index is 12.2. The Labute approximate surface area is 118 Å². The highest BCUT2D eigenvalue weighted by Gasteiger charge is 2.48. The van der Waals surface area contributed by atoms with E-state index in [2.05, 4.69) is 8.92 Å². The minimum Gasteiger partial charge on any atom is -0.467 e. The predicted molar refractivity (Wildman–Crippen MR) is 64.7 cm³/mol. The fourth-order valence-electron chi connectivity index (χ4n) is 1.35. The number of hydrogen-bond donors (Lipinski definition) is 0. The molecule has 0 aliphatic carbocycles. The summed E-state index contributed by atoms with van der Waals surface area (Å²) in [5, 5.41) is 0. The first-order valence-corrected chi connectivity index (χ1v) is 6.75. The van der Waals surface area contributed by atoms with Gasteiger partial charge in [0.1, 0.15) is 11.5 Å². The molecule has 1 aromatic carbocycles. The van der Waals surface area contributed by atoms with Crippen LogP contribution in [0.2, 0.25) is 0 Å². The predicted octanol–water partition coefficient (Wildman–Crippen LogP) is 2.02. The van der Waals surface area contributed by atoms with Crippen molar-refractivity contribution in [2.24, 2.45) is 0 Å². The first kappa shape index (κ1) is 17.2. The molecule has 6 nitrogen and oxygen atoms in total. The smallest absolute Gasteiger partial charge is 0.467 e. The molecule has 0 saturated heterocycles. The number of aldehydes is 1. The molecule has 0 aliphatic heterocycles. The van der Waals surface area contributed by atoms with Crippen LogP contribution in [-0.2, 0) is 14.9 Å². The van der Waals surface area contributed by atoms with E-state index in [1.165, 1.54) is 14.0 Å². The average Bonchev–Trinajstić information content (AvgIpc) is 2.34. The van der Waals surface area contributed by atoms with Crippen molar-refractivity contribution in [3.05, 3.63) is 23.3 Å². The van der Waals surface area contributed by atoms with E-state index in [1.807, 2.05) is 0 Å². The lowest BCUT2D eigenvalue weighted by molar-refractivity contribution is -0.0500. The van der Waals surface area contributed by atoms with Gasteiger partial charge in [0.25, 0.3) is 0 Å². The Morgan fingerprint density at radius 2 is 1.90 bits per heavy atom. The number of alkyl halides is 3. The monoisotopic (exact) mass is 328 g/mol. The lowest BCUT2D eigenvalue weighted by Crippen LogP contribution is -2.28. The standard InChI is InChI=1S/C11H11F3O6S/c1-7-3-8(20-21(16,17)11(12,13)14)4-10(9(7)5-15)19-6-18-2/h3-5H,6H2,1-2H3. The molecule has 0 atom stereocenters. The highest BCUT2D eigenvalue weighted by molar-refractivity contribution is 7.88. The molecule has 1 aromatic rings. The second-order valence-corrected chi connectivity index (χ2v) is 5.34. The summed E-state index contributed by atoms with van der Waals surface area (Å²) in [6.45, 7) is 1.10. The zero-order chi connectivity index (χ0) is 16.3. The summed E-state index contributed by atoms with van der Waals surface area (Å²) in [6.07, 6.45) is 0.419. The van der Waals surface area contributed by atoms with Gasteiger partial charge in [0.15, 0.2) is 13.1 Å². The SMILES string of the molecule is COCOc1cc(OS(=O)(=O)C(F)(F)F)cc(C)c1C=O. The maximum Gasteiger partial charge on any atom is 0.534 e. The van der Waals surface area contributed by atoms with Crippen molar-refractivity contribution < 1.29 is 40.0 Å². The molecule has 0 amide bonds. The number of aryl methyl sites for hydroxylation is 1. The number of benzene rings is 1. The van der Waals surface area contributed by atoms with Crippen LogP contribution in [0.5, 0.6) is 11.5 Å². The fourth-order valence-corrected chi connectivity index (χ4v) is 1.79. The number of carbonyl (C=O) groups is 1. The van der Waals surface area contributed by atoms with Gasteiger partial charge in [-0.1, -0.05) is 0 Å². The lowest BCUT2D eigenvalue weighted by Gasteiger charge is -2.13. The maximum absolute atomic E-state index is 12.2. The largest absolute Gasteiger partial charge is 0.534 e. The Morgan fingerprint density at radius 3 is 2.38 bits per heavy atom. The second kappa shape index (κ2) is 6.31. The lowest BCUT2D eigenvalue weighted by atomic mass is 10.1. The van der Waals surface area contributed by atoms with Gasteiger partial charge in [-0.05, 0) is 18.6 Å². The van der Waals surface area contributed by atoms with E-state index < -0.39 is 21.4 Å². The molecule has 0 unspecified atom stereocenters. The molecule has 21 heavy (non-hydrogen) atoms. The van der Waals surface area contributed by atoms with Crippen LogP contribution >= 0.6 is 0 Å². The van der Waals surface area contributed by atoms with Crippen LogP contribution in [0.25, 0.3) is 0 Å². The second-order valence-electron chi connectivity index (χ2n) is 3.80. The Morgan fingerprint density at radius 1 is 1.29 bits per heavy atom. The number of hydrogen-bond acceptors (Lipinski definition) is 6.